The predicted octanol–water partition coefficient (Wildman–Crippen LogP) is 5.40. The Balaban J connectivity index is 4.20. The maximum Gasteiger partial charge on any atom is 0.00879 e. The topological polar surface area (TPSA) is 0 Å². The molecular weight excluding hydrogens is 236 g/mol. The Bertz CT molecular complexity index is 127. The number of unbranched alkanes of at least 4 members (excludes halogenated alkanes) is 1. The van der Waals surface area contributed by atoms with E-state index < -0.39 is 0 Å². The van der Waals surface area contributed by atoms with Crippen molar-refractivity contribution in [3.05, 3.63) is 0 Å². The molecule has 0 radical (unpaired) electrons. The third-order valence-corrected chi connectivity index (χ3v) is 4.76. The van der Waals surface area contributed by atoms with Crippen LogP contribution < -0.4 is 0 Å². The van der Waals surface area contributed by atoms with Crippen LogP contribution >= 0.6 is 15.9 Å². The van der Waals surface area contributed by atoms with E-state index >= 15 is 0 Å². The van der Waals surface area contributed by atoms with Gasteiger partial charge in [-0.15, -0.1) is 0 Å². The van der Waals surface area contributed by atoms with Crippen LogP contribution in [-0.4, -0.2) is 5.33 Å². The van der Waals surface area contributed by atoms with Gasteiger partial charge in [0.15, 0.2) is 0 Å². The third kappa shape index (κ3) is 4.82. The van der Waals surface area contributed by atoms with Gasteiger partial charge in [-0.1, -0.05) is 62.9 Å². The van der Waals surface area contributed by atoms with Crippen LogP contribution in [0.3, 0.4) is 0 Å². The molecule has 0 fully saturated rings. The zero-order valence-electron chi connectivity index (χ0n) is 10.4. The zero-order valence-corrected chi connectivity index (χ0v) is 12.0. The first-order valence-corrected chi connectivity index (χ1v) is 7.32. The van der Waals surface area contributed by atoms with Gasteiger partial charge in [0, 0.05) is 5.33 Å². The van der Waals surface area contributed by atoms with E-state index in [9.17, 15) is 0 Å². The predicted molar refractivity (Wildman–Crippen MR) is 70.1 cm³/mol. The molecule has 0 spiro atoms. The second-order valence-electron chi connectivity index (χ2n) is 4.81. The summed E-state index contributed by atoms with van der Waals surface area (Å²) in [4.78, 5) is 0. The minimum Gasteiger partial charge on any atom is -0.0922 e. The van der Waals surface area contributed by atoms with Crippen LogP contribution in [0, 0.1) is 11.3 Å². The van der Waals surface area contributed by atoms with Gasteiger partial charge in [0.1, 0.15) is 0 Å². The molecule has 0 amide bonds. The highest BCUT2D eigenvalue weighted by molar-refractivity contribution is 9.09. The second-order valence-corrected chi connectivity index (χ2v) is 5.37. The van der Waals surface area contributed by atoms with Gasteiger partial charge in [0.05, 0.1) is 0 Å². The van der Waals surface area contributed by atoms with E-state index in [0.29, 0.717) is 5.41 Å². The lowest BCUT2D eigenvalue weighted by molar-refractivity contribution is 0.219. The summed E-state index contributed by atoms with van der Waals surface area (Å²) in [5, 5.41) is 1.18. The molecule has 0 aliphatic rings. The molecule has 2 atom stereocenters. The standard InChI is InChI=1S/C13H27Br/c1-5-8-9-13(7-3,11-14)10-12(4)6-2/h12H,5-11H2,1-4H3. The molecule has 0 heterocycles. The van der Waals surface area contributed by atoms with E-state index in [1.165, 1.54) is 43.9 Å². The van der Waals surface area contributed by atoms with Crippen molar-refractivity contribution in [2.24, 2.45) is 11.3 Å². The SMILES string of the molecule is CCCCC(CC)(CBr)CC(C)CC. The molecule has 0 aromatic heterocycles. The number of hydrogen-bond donors (Lipinski definition) is 0. The summed E-state index contributed by atoms with van der Waals surface area (Å²) in [6.45, 7) is 9.33. The number of alkyl halides is 1. The first-order chi connectivity index (χ1) is 6.64. The van der Waals surface area contributed by atoms with Gasteiger partial charge in [-0.25, -0.2) is 0 Å². The van der Waals surface area contributed by atoms with Gasteiger partial charge in [-0.2, -0.15) is 0 Å². The van der Waals surface area contributed by atoms with Crippen molar-refractivity contribution in [3.8, 4) is 0 Å². The van der Waals surface area contributed by atoms with Gasteiger partial charge in [-0.05, 0) is 30.6 Å². The maximum atomic E-state index is 3.72. The summed E-state index contributed by atoms with van der Waals surface area (Å²) in [7, 11) is 0. The molecule has 0 aromatic rings. The molecule has 2 unspecified atom stereocenters. The summed E-state index contributed by atoms with van der Waals surface area (Å²) in [6.07, 6.45) is 8.15. The molecule has 0 saturated heterocycles. The Morgan fingerprint density at radius 3 is 2.21 bits per heavy atom. The Morgan fingerprint density at radius 2 is 1.86 bits per heavy atom. The van der Waals surface area contributed by atoms with Crippen LogP contribution in [0.4, 0.5) is 0 Å². The van der Waals surface area contributed by atoms with Crippen LogP contribution in [0.1, 0.15) is 66.2 Å². The summed E-state index contributed by atoms with van der Waals surface area (Å²) < 4.78 is 0. The minimum absolute atomic E-state index is 0.575. The summed E-state index contributed by atoms with van der Waals surface area (Å²) in [6, 6.07) is 0. The van der Waals surface area contributed by atoms with E-state index in [2.05, 4.69) is 43.6 Å². The Hall–Kier alpha value is 0.480. The summed E-state index contributed by atoms with van der Waals surface area (Å²) >= 11 is 3.72. The van der Waals surface area contributed by atoms with Crippen molar-refractivity contribution in [1.29, 1.82) is 0 Å². The minimum atomic E-state index is 0.575. The molecule has 0 N–H and O–H groups in total. The molecule has 14 heavy (non-hydrogen) atoms. The summed E-state index contributed by atoms with van der Waals surface area (Å²) in [5.41, 5.74) is 0.575. The van der Waals surface area contributed by atoms with Gasteiger partial charge in [-0.3, -0.25) is 0 Å². The first kappa shape index (κ1) is 14.5. The molecule has 86 valence electrons. The highest BCUT2D eigenvalue weighted by Gasteiger charge is 2.27. The van der Waals surface area contributed by atoms with Crippen molar-refractivity contribution in [2.45, 2.75) is 66.2 Å². The average Bonchev–Trinajstić information content (AvgIpc) is 2.24. The van der Waals surface area contributed by atoms with Gasteiger partial charge < -0.3 is 0 Å². The molecule has 0 bridgehead atoms. The van der Waals surface area contributed by atoms with Crippen molar-refractivity contribution in [1.82, 2.24) is 0 Å². The fourth-order valence-electron chi connectivity index (χ4n) is 2.07. The molecule has 0 saturated carbocycles. The molecule has 0 nitrogen and oxygen atoms in total. The van der Waals surface area contributed by atoms with Crippen LogP contribution in [0.2, 0.25) is 0 Å². The molecule has 0 aliphatic heterocycles. The third-order valence-electron chi connectivity index (χ3n) is 3.57. The van der Waals surface area contributed by atoms with Crippen LogP contribution in [0.25, 0.3) is 0 Å². The molecule has 0 rings (SSSR count). The van der Waals surface area contributed by atoms with Crippen LogP contribution in [-0.2, 0) is 0 Å². The van der Waals surface area contributed by atoms with Crippen molar-refractivity contribution < 1.29 is 0 Å². The molecular formula is C13H27Br. The second kappa shape index (κ2) is 7.73. The Morgan fingerprint density at radius 1 is 1.21 bits per heavy atom. The lowest BCUT2D eigenvalue weighted by atomic mass is 9.75. The Labute approximate surface area is 99.0 Å². The van der Waals surface area contributed by atoms with E-state index in [0.717, 1.165) is 5.92 Å². The summed E-state index contributed by atoms with van der Waals surface area (Å²) in [5.74, 6) is 0.879. The fraction of sp³-hybridized carbons (Fsp3) is 1.00. The smallest absolute Gasteiger partial charge is 0.00879 e. The van der Waals surface area contributed by atoms with Gasteiger partial charge in [0.2, 0.25) is 0 Å². The number of rotatable bonds is 8. The van der Waals surface area contributed by atoms with E-state index in [1.807, 2.05) is 0 Å². The van der Waals surface area contributed by atoms with E-state index in [4.69, 9.17) is 0 Å². The number of hydrogen-bond acceptors (Lipinski definition) is 0. The molecule has 0 aromatic carbocycles. The number of halogens is 1. The highest BCUT2D eigenvalue weighted by Crippen LogP contribution is 2.38. The normalized spacial score (nSPS) is 17.8. The highest BCUT2D eigenvalue weighted by atomic mass is 79.9. The van der Waals surface area contributed by atoms with Gasteiger partial charge >= 0.3 is 0 Å². The lowest BCUT2D eigenvalue weighted by Crippen LogP contribution is -2.24. The fourth-order valence-corrected chi connectivity index (χ4v) is 2.98. The molecule has 0 aliphatic carbocycles. The quantitative estimate of drug-likeness (QED) is 0.514. The lowest BCUT2D eigenvalue weighted by Gasteiger charge is -2.33. The van der Waals surface area contributed by atoms with Crippen LogP contribution in [0.15, 0.2) is 0 Å². The molecule has 1 heteroatoms. The van der Waals surface area contributed by atoms with E-state index in [1.54, 1.807) is 0 Å². The van der Waals surface area contributed by atoms with Crippen molar-refractivity contribution in [2.75, 3.05) is 5.33 Å². The monoisotopic (exact) mass is 262 g/mol. The average molecular weight is 263 g/mol. The van der Waals surface area contributed by atoms with Gasteiger partial charge in [0.25, 0.3) is 0 Å². The first-order valence-electron chi connectivity index (χ1n) is 6.20. The van der Waals surface area contributed by atoms with Crippen molar-refractivity contribution in [3.63, 3.8) is 0 Å². The maximum absolute atomic E-state index is 3.72. The largest absolute Gasteiger partial charge is 0.0922 e. The van der Waals surface area contributed by atoms with Crippen LogP contribution in [0.5, 0.6) is 0 Å². The Kier molecular flexibility index (Phi) is 8.00. The van der Waals surface area contributed by atoms with E-state index in [-0.39, 0.29) is 0 Å². The zero-order chi connectivity index (χ0) is 11.0. The van der Waals surface area contributed by atoms with Crippen molar-refractivity contribution >= 4 is 15.9 Å².